The van der Waals surface area contributed by atoms with Gasteiger partial charge < -0.3 is 10.6 Å². The third-order valence-electron chi connectivity index (χ3n) is 5.14. The summed E-state index contributed by atoms with van der Waals surface area (Å²) in [5.74, 6) is -0.892. The summed E-state index contributed by atoms with van der Waals surface area (Å²) in [4.78, 5) is 30.1. The zero-order valence-corrected chi connectivity index (χ0v) is 20.1. The topological polar surface area (TPSA) is 88.9 Å². The van der Waals surface area contributed by atoms with Gasteiger partial charge in [0.25, 0.3) is 11.8 Å². The lowest BCUT2D eigenvalue weighted by Gasteiger charge is -2.23. The molecule has 35 heavy (non-hydrogen) atoms. The highest BCUT2D eigenvalue weighted by molar-refractivity contribution is 6.34. The van der Waals surface area contributed by atoms with Crippen LogP contribution in [0.2, 0.25) is 5.02 Å². The van der Waals surface area contributed by atoms with Gasteiger partial charge in [0.05, 0.1) is 33.6 Å². The molecule has 2 aromatic carbocycles. The third-order valence-corrected chi connectivity index (χ3v) is 5.47. The fourth-order valence-electron chi connectivity index (χ4n) is 3.50. The predicted octanol–water partition coefficient (Wildman–Crippen LogP) is 6.00. The van der Waals surface area contributed by atoms with Gasteiger partial charge in [-0.1, -0.05) is 17.7 Å². The lowest BCUT2D eigenvalue weighted by molar-refractivity contribution is 0.101. The normalized spacial score (nSPS) is 11.2. The molecule has 0 saturated carbocycles. The minimum atomic E-state index is -0.461. The number of nitrogens with zero attached hydrogens (tertiary/aromatic N) is 3. The zero-order valence-electron chi connectivity index (χ0n) is 19.3. The minimum absolute atomic E-state index is 0.180. The van der Waals surface area contributed by atoms with Crippen molar-refractivity contribution in [2.24, 2.45) is 0 Å². The molecule has 0 fully saturated rings. The van der Waals surface area contributed by atoms with Crippen LogP contribution in [-0.4, -0.2) is 26.6 Å². The summed E-state index contributed by atoms with van der Waals surface area (Å²) in [5, 5.41) is 10.1. The first-order valence-electron chi connectivity index (χ1n) is 10.8. The summed E-state index contributed by atoms with van der Waals surface area (Å²) in [5.41, 5.74) is 1.63. The maximum absolute atomic E-state index is 13.5. The number of carbonyl (C=O) groups excluding carboxylic acids is 2. The van der Waals surface area contributed by atoms with E-state index in [0.717, 1.165) is 0 Å². The van der Waals surface area contributed by atoms with Crippen LogP contribution in [0.25, 0.3) is 11.3 Å². The van der Waals surface area contributed by atoms with Crippen molar-refractivity contribution < 1.29 is 14.0 Å². The Morgan fingerprint density at radius 3 is 2.31 bits per heavy atom. The van der Waals surface area contributed by atoms with E-state index in [0.29, 0.717) is 28.3 Å². The molecule has 2 amide bonds. The van der Waals surface area contributed by atoms with Crippen molar-refractivity contribution in [1.82, 2.24) is 14.8 Å². The van der Waals surface area contributed by atoms with Crippen molar-refractivity contribution in [2.45, 2.75) is 26.3 Å². The number of nitrogens with one attached hydrogen (secondary N) is 2. The number of halogens is 2. The van der Waals surface area contributed by atoms with E-state index in [1.807, 2.05) is 20.8 Å². The molecule has 2 aromatic heterocycles. The van der Waals surface area contributed by atoms with Gasteiger partial charge in [-0.3, -0.25) is 14.3 Å². The summed E-state index contributed by atoms with van der Waals surface area (Å²) in [7, 11) is 0. The number of benzene rings is 2. The molecular formula is C26H23ClFN5O2. The first-order valence-corrected chi connectivity index (χ1v) is 11.2. The Labute approximate surface area is 207 Å². The number of anilines is 2. The highest BCUT2D eigenvalue weighted by Crippen LogP contribution is 2.30. The van der Waals surface area contributed by atoms with Gasteiger partial charge in [-0.25, -0.2) is 9.37 Å². The molecule has 0 saturated heterocycles. The van der Waals surface area contributed by atoms with E-state index in [9.17, 15) is 14.0 Å². The molecule has 9 heteroatoms. The smallest absolute Gasteiger partial charge is 0.259 e. The van der Waals surface area contributed by atoms with Gasteiger partial charge in [-0.05, 0) is 75.4 Å². The molecule has 0 atom stereocenters. The van der Waals surface area contributed by atoms with Gasteiger partial charge in [0.1, 0.15) is 11.6 Å². The van der Waals surface area contributed by atoms with Gasteiger partial charge in [-0.2, -0.15) is 5.10 Å². The Morgan fingerprint density at radius 1 is 0.943 bits per heavy atom. The molecule has 4 rings (SSSR count). The molecule has 0 aliphatic heterocycles. The van der Waals surface area contributed by atoms with Crippen molar-refractivity contribution in [2.75, 3.05) is 10.6 Å². The first kappa shape index (κ1) is 24.1. The molecule has 0 bridgehead atoms. The van der Waals surface area contributed by atoms with Crippen LogP contribution in [0.5, 0.6) is 0 Å². The quantitative estimate of drug-likeness (QED) is 0.358. The minimum Gasteiger partial charge on any atom is -0.322 e. The third kappa shape index (κ3) is 5.38. The lowest BCUT2D eigenvalue weighted by Crippen LogP contribution is -2.24. The van der Waals surface area contributed by atoms with Crippen LogP contribution in [0.15, 0.2) is 73.1 Å². The zero-order chi connectivity index (χ0) is 25.2. The number of hydrogen-bond acceptors (Lipinski definition) is 4. The Bertz CT molecular complexity index is 1380. The fraction of sp³-hybridized carbons (Fsp3) is 0.154. The van der Waals surface area contributed by atoms with E-state index in [1.165, 1.54) is 30.5 Å². The van der Waals surface area contributed by atoms with E-state index < -0.39 is 17.4 Å². The van der Waals surface area contributed by atoms with E-state index in [2.05, 4.69) is 20.7 Å². The molecular weight excluding hydrogens is 469 g/mol. The predicted molar refractivity (Wildman–Crippen MR) is 134 cm³/mol. The number of rotatable bonds is 5. The Morgan fingerprint density at radius 2 is 1.66 bits per heavy atom. The summed E-state index contributed by atoms with van der Waals surface area (Å²) in [6, 6.07) is 15.6. The maximum Gasteiger partial charge on any atom is 0.259 e. The van der Waals surface area contributed by atoms with E-state index in [1.54, 1.807) is 47.3 Å². The second-order valence-electron chi connectivity index (χ2n) is 8.81. The van der Waals surface area contributed by atoms with Crippen LogP contribution < -0.4 is 10.6 Å². The molecule has 0 aliphatic carbocycles. The molecule has 4 aromatic rings. The van der Waals surface area contributed by atoms with Crippen LogP contribution in [0.1, 0.15) is 41.5 Å². The number of hydrogen-bond donors (Lipinski definition) is 2. The van der Waals surface area contributed by atoms with Crippen LogP contribution in [-0.2, 0) is 5.54 Å². The Balaban J connectivity index is 1.64. The maximum atomic E-state index is 13.5. The van der Waals surface area contributed by atoms with Gasteiger partial charge in [0.15, 0.2) is 0 Å². The van der Waals surface area contributed by atoms with Gasteiger partial charge in [0, 0.05) is 17.4 Å². The molecule has 2 heterocycles. The highest BCUT2D eigenvalue weighted by atomic mass is 35.5. The summed E-state index contributed by atoms with van der Waals surface area (Å²) < 4.78 is 15.3. The molecule has 0 radical (unpaired) electrons. The monoisotopic (exact) mass is 491 g/mol. The SMILES string of the molecule is CC(C)(C)n1ncc(C(=O)Nc2ccc(Cl)c(C(=O)Nc3ccccn3)c2)c1-c1ccc(F)cc1. The van der Waals surface area contributed by atoms with Gasteiger partial charge in [-0.15, -0.1) is 0 Å². The molecule has 178 valence electrons. The van der Waals surface area contributed by atoms with Crippen molar-refractivity contribution in [3.05, 3.63) is 95.0 Å². The molecule has 7 nitrogen and oxygen atoms in total. The summed E-state index contributed by atoms with van der Waals surface area (Å²) in [6.07, 6.45) is 3.04. The largest absolute Gasteiger partial charge is 0.322 e. The number of carbonyl (C=O) groups is 2. The molecule has 2 N–H and O–H groups in total. The van der Waals surface area contributed by atoms with Crippen molar-refractivity contribution in [3.63, 3.8) is 0 Å². The molecule has 0 spiro atoms. The standard InChI is InChI=1S/C26H23ClFN5O2/c1-26(2,3)33-23(16-7-9-17(28)10-8-16)20(15-30-33)25(35)31-18-11-12-21(27)19(14-18)24(34)32-22-6-4-5-13-29-22/h4-15H,1-3H3,(H,31,35)(H,29,32,34). The molecule has 0 unspecified atom stereocenters. The Hall–Kier alpha value is -4.04. The number of amides is 2. The Kier molecular flexibility index (Phi) is 6.66. The van der Waals surface area contributed by atoms with E-state index in [-0.39, 0.29) is 16.4 Å². The van der Waals surface area contributed by atoms with Crippen molar-refractivity contribution in [3.8, 4) is 11.3 Å². The van der Waals surface area contributed by atoms with Gasteiger partial charge in [0.2, 0.25) is 0 Å². The van der Waals surface area contributed by atoms with Gasteiger partial charge >= 0.3 is 0 Å². The lowest BCUT2D eigenvalue weighted by atomic mass is 10.0. The summed E-state index contributed by atoms with van der Waals surface area (Å²) in [6.45, 7) is 5.88. The van der Waals surface area contributed by atoms with Crippen LogP contribution in [0.3, 0.4) is 0 Å². The average Bonchev–Trinajstić information content (AvgIpc) is 3.27. The van der Waals surface area contributed by atoms with E-state index in [4.69, 9.17) is 11.6 Å². The average molecular weight is 492 g/mol. The summed E-state index contributed by atoms with van der Waals surface area (Å²) >= 11 is 6.24. The fourth-order valence-corrected chi connectivity index (χ4v) is 3.71. The first-order chi connectivity index (χ1) is 16.6. The van der Waals surface area contributed by atoms with Crippen molar-refractivity contribution in [1.29, 1.82) is 0 Å². The second kappa shape index (κ2) is 9.68. The van der Waals surface area contributed by atoms with Crippen LogP contribution in [0, 0.1) is 5.82 Å². The number of pyridine rings is 1. The van der Waals surface area contributed by atoms with Crippen molar-refractivity contribution >= 4 is 34.9 Å². The van der Waals surface area contributed by atoms with Crippen LogP contribution >= 0.6 is 11.6 Å². The van der Waals surface area contributed by atoms with Crippen LogP contribution in [0.4, 0.5) is 15.9 Å². The number of aromatic nitrogens is 3. The highest BCUT2D eigenvalue weighted by Gasteiger charge is 2.25. The second-order valence-corrected chi connectivity index (χ2v) is 9.22. The molecule has 0 aliphatic rings. The van der Waals surface area contributed by atoms with E-state index >= 15 is 0 Å².